The molecule has 1 N–H and O–H groups in total. The Balaban J connectivity index is 2.10. The van der Waals surface area contributed by atoms with E-state index < -0.39 is 0 Å². The van der Waals surface area contributed by atoms with Crippen LogP contribution < -0.4 is 10.2 Å². The van der Waals surface area contributed by atoms with E-state index in [4.69, 9.17) is 4.74 Å². The smallest absolute Gasteiger partial charge is 0.229 e. The number of carbonyl (C=O) groups excluding carboxylic acids is 2. The predicted molar refractivity (Wildman–Crippen MR) is 85.8 cm³/mol. The first kappa shape index (κ1) is 16.5. The minimum absolute atomic E-state index is 0.0307. The molecular formula is C17H24N2O3. The maximum atomic E-state index is 12.5. The van der Waals surface area contributed by atoms with Crippen LogP contribution in [0.1, 0.15) is 32.8 Å². The van der Waals surface area contributed by atoms with Crippen molar-refractivity contribution in [1.29, 1.82) is 0 Å². The Morgan fingerprint density at radius 2 is 2.09 bits per heavy atom. The second-order valence-corrected chi connectivity index (χ2v) is 5.90. The van der Waals surface area contributed by atoms with Gasteiger partial charge >= 0.3 is 0 Å². The van der Waals surface area contributed by atoms with Crippen LogP contribution >= 0.6 is 0 Å². The average molecular weight is 304 g/mol. The molecule has 1 heterocycles. The molecule has 5 nitrogen and oxygen atoms in total. The zero-order valence-corrected chi connectivity index (χ0v) is 13.5. The highest BCUT2D eigenvalue weighted by molar-refractivity contribution is 5.95. The van der Waals surface area contributed by atoms with Gasteiger partial charge in [-0.05, 0) is 31.9 Å². The van der Waals surface area contributed by atoms with Crippen LogP contribution in [0.3, 0.4) is 0 Å². The number of benzene rings is 1. The van der Waals surface area contributed by atoms with Gasteiger partial charge in [0.15, 0.2) is 0 Å². The molecule has 1 aliphatic rings. The zero-order valence-electron chi connectivity index (χ0n) is 13.5. The Hall–Kier alpha value is -1.88. The number of carbonyl (C=O) groups is 2. The van der Waals surface area contributed by atoms with Crippen molar-refractivity contribution in [2.24, 2.45) is 0 Å². The number of fused-ring (bicyclic) bond motifs is 1. The molecular weight excluding hydrogens is 280 g/mol. The van der Waals surface area contributed by atoms with Crippen LogP contribution in [0.2, 0.25) is 0 Å². The van der Waals surface area contributed by atoms with Crippen LogP contribution in [0.25, 0.3) is 0 Å². The highest BCUT2D eigenvalue weighted by Crippen LogP contribution is 2.27. The van der Waals surface area contributed by atoms with E-state index in [2.05, 4.69) is 5.32 Å². The maximum Gasteiger partial charge on any atom is 0.229 e. The molecule has 0 bridgehead atoms. The third kappa shape index (κ3) is 4.31. The van der Waals surface area contributed by atoms with Gasteiger partial charge in [-0.15, -0.1) is 0 Å². The molecule has 22 heavy (non-hydrogen) atoms. The summed E-state index contributed by atoms with van der Waals surface area (Å²) in [6.45, 7) is 6.33. The van der Waals surface area contributed by atoms with Crippen molar-refractivity contribution in [3.63, 3.8) is 0 Å². The molecule has 5 heteroatoms. The maximum absolute atomic E-state index is 12.5. The monoisotopic (exact) mass is 304 g/mol. The van der Waals surface area contributed by atoms with Gasteiger partial charge < -0.3 is 15.0 Å². The van der Waals surface area contributed by atoms with Crippen molar-refractivity contribution in [2.75, 3.05) is 18.1 Å². The lowest BCUT2D eigenvalue weighted by Crippen LogP contribution is -2.50. The second kappa shape index (κ2) is 7.40. The normalized spacial score (nSPS) is 17.3. The lowest BCUT2D eigenvalue weighted by Gasteiger charge is -2.35. The summed E-state index contributed by atoms with van der Waals surface area (Å²) < 4.78 is 5.47. The molecule has 2 amide bonds. The summed E-state index contributed by atoms with van der Waals surface area (Å²) in [7, 11) is 0. The molecule has 2 rings (SSSR count). The first-order chi connectivity index (χ1) is 10.5. The first-order valence-electron chi connectivity index (χ1n) is 7.74. The molecule has 0 aromatic heterocycles. The van der Waals surface area contributed by atoms with Gasteiger partial charge in [0.1, 0.15) is 0 Å². The van der Waals surface area contributed by atoms with Gasteiger partial charge in [0.25, 0.3) is 0 Å². The van der Waals surface area contributed by atoms with Crippen LogP contribution in [0.4, 0.5) is 5.69 Å². The van der Waals surface area contributed by atoms with E-state index in [0.717, 1.165) is 17.7 Å². The predicted octanol–water partition coefficient (Wildman–Crippen LogP) is 1.90. The number of nitrogens with zero attached hydrogens (tertiary/aromatic N) is 1. The molecule has 0 radical (unpaired) electrons. The van der Waals surface area contributed by atoms with Crippen molar-refractivity contribution in [3.05, 3.63) is 29.8 Å². The minimum Gasteiger partial charge on any atom is -0.378 e. The van der Waals surface area contributed by atoms with Gasteiger partial charge in [0.2, 0.25) is 11.8 Å². The molecule has 1 aromatic carbocycles. The number of hydrogen-bond acceptors (Lipinski definition) is 3. The van der Waals surface area contributed by atoms with Gasteiger partial charge in [0.05, 0.1) is 25.2 Å². The number of rotatable bonds is 5. The summed E-state index contributed by atoms with van der Waals surface area (Å²) in [5, 5.41) is 2.92. The Morgan fingerprint density at radius 1 is 1.36 bits per heavy atom. The van der Waals surface area contributed by atoms with E-state index in [1.165, 1.54) is 6.92 Å². The standard InChI is InChI=1S/C17H24N2O3/c1-12(2)22-9-8-17(21)19-11-15(18-13(3)20)10-14-6-4-5-7-16(14)19/h4-7,12,15H,8-11H2,1-3H3,(H,18,20). The third-order valence-electron chi connectivity index (χ3n) is 3.63. The van der Waals surface area contributed by atoms with Gasteiger partial charge in [-0.1, -0.05) is 18.2 Å². The summed E-state index contributed by atoms with van der Waals surface area (Å²) in [6, 6.07) is 7.82. The largest absolute Gasteiger partial charge is 0.378 e. The number of hydrogen-bond donors (Lipinski definition) is 1. The van der Waals surface area contributed by atoms with Gasteiger partial charge in [-0.2, -0.15) is 0 Å². The molecule has 0 spiro atoms. The Morgan fingerprint density at radius 3 is 2.77 bits per heavy atom. The Labute approximate surface area is 131 Å². The van der Waals surface area contributed by atoms with E-state index in [9.17, 15) is 9.59 Å². The average Bonchev–Trinajstić information content (AvgIpc) is 2.45. The third-order valence-corrected chi connectivity index (χ3v) is 3.63. The molecule has 0 fully saturated rings. The number of amides is 2. The van der Waals surface area contributed by atoms with Crippen LogP contribution in [0.5, 0.6) is 0 Å². The van der Waals surface area contributed by atoms with Crippen LogP contribution in [-0.4, -0.2) is 37.1 Å². The fourth-order valence-electron chi connectivity index (χ4n) is 2.73. The van der Waals surface area contributed by atoms with Crippen LogP contribution in [-0.2, 0) is 20.7 Å². The van der Waals surface area contributed by atoms with Gasteiger partial charge in [-0.3, -0.25) is 9.59 Å². The number of nitrogens with one attached hydrogen (secondary N) is 1. The van der Waals surface area contributed by atoms with E-state index >= 15 is 0 Å². The molecule has 1 aliphatic heterocycles. The van der Waals surface area contributed by atoms with E-state index in [1.54, 1.807) is 4.90 Å². The SMILES string of the molecule is CC(=O)NC1Cc2ccccc2N(C(=O)CCOC(C)C)C1. The molecule has 120 valence electrons. The molecule has 0 aliphatic carbocycles. The molecule has 0 saturated carbocycles. The number of para-hydroxylation sites is 1. The van der Waals surface area contributed by atoms with Crippen molar-refractivity contribution in [1.82, 2.24) is 5.32 Å². The van der Waals surface area contributed by atoms with Crippen LogP contribution in [0.15, 0.2) is 24.3 Å². The number of anilines is 1. The number of ether oxygens (including phenoxy) is 1. The second-order valence-electron chi connectivity index (χ2n) is 5.90. The molecule has 1 atom stereocenters. The Bertz CT molecular complexity index is 542. The molecule has 0 saturated heterocycles. The minimum atomic E-state index is -0.0695. The van der Waals surface area contributed by atoms with E-state index in [1.807, 2.05) is 38.1 Å². The van der Waals surface area contributed by atoms with Crippen molar-refractivity contribution in [2.45, 2.75) is 45.8 Å². The fourth-order valence-corrected chi connectivity index (χ4v) is 2.73. The van der Waals surface area contributed by atoms with Gasteiger partial charge in [0, 0.05) is 19.2 Å². The van der Waals surface area contributed by atoms with Gasteiger partial charge in [-0.25, -0.2) is 0 Å². The summed E-state index contributed by atoms with van der Waals surface area (Å²) in [6.07, 6.45) is 1.22. The molecule has 1 unspecified atom stereocenters. The van der Waals surface area contributed by atoms with Crippen molar-refractivity contribution < 1.29 is 14.3 Å². The zero-order chi connectivity index (χ0) is 16.1. The fraction of sp³-hybridized carbons (Fsp3) is 0.529. The summed E-state index contributed by atoms with van der Waals surface area (Å²) >= 11 is 0. The topological polar surface area (TPSA) is 58.6 Å². The Kier molecular flexibility index (Phi) is 5.55. The highest BCUT2D eigenvalue weighted by atomic mass is 16.5. The summed E-state index contributed by atoms with van der Waals surface area (Å²) in [5.41, 5.74) is 2.03. The lowest BCUT2D eigenvalue weighted by atomic mass is 9.97. The van der Waals surface area contributed by atoms with E-state index in [-0.39, 0.29) is 24.0 Å². The summed E-state index contributed by atoms with van der Waals surface area (Å²) in [5.74, 6) is -0.0388. The van der Waals surface area contributed by atoms with Crippen molar-refractivity contribution in [3.8, 4) is 0 Å². The quantitative estimate of drug-likeness (QED) is 0.904. The summed E-state index contributed by atoms with van der Waals surface area (Å²) in [4.78, 5) is 25.6. The lowest BCUT2D eigenvalue weighted by molar-refractivity contribution is -0.122. The van der Waals surface area contributed by atoms with E-state index in [0.29, 0.717) is 19.6 Å². The van der Waals surface area contributed by atoms with Crippen molar-refractivity contribution >= 4 is 17.5 Å². The van der Waals surface area contributed by atoms with Crippen LogP contribution in [0, 0.1) is 0 Å². The molecule has 1 aromatic rings. The first-order valence-corrected chi connectivity index (χ1v) is 7.74. The highest BCUT2D eigenvalue weighted by Gasteiger charge is 2.28.